The first-order chi connectivity index (χ1) is 10.4. The van der Waals surface area contributed by atoms with E-state index in [4.69, 9.17) is 0 Å². The number of nitro groups is 1. The van der Waals surface area contributed by atoms with E-state index < -0.39 is 16.4 Å². The molecule has 0 saturated carbocycles. The normalized spacial score (nSPS) is 10.8. The quantitative estimate of drug-likeness (QED) is 0.457. The van der Waals surface area contributed by atoms with E-state index in [1.165, 1.54) is 6.21 Å². The maximum Gasteiger partial charge on any atom is 0.311 e. The molecular weight excluding hydrogens is 286 g/mol. The zero-order valence-electron chi connectivity index (χ0n) is 12.1. The first-order valence-electron chi connectivity index (χ1n) is 6.45. The van der Waals surface area contributed by atoms with Crippen molar-refractivity contribution in [1.29, 1.82) is 0 Å². The van der Waals surface area contributed by atoms with E-state index >= 15 is 0 Å². The molecular formula is C15H15N3O4. The van der Waals surface area contributed by atoms with Gasteiger partial charge in [0, 0.05) is 17.7 Å². The number of hydrogen-bond donors (Lipinski definition) is 3. The van der Waals surface area contributed by atoms with Gasteiger partial charge in [-0.05, 0) is 37.1 Å². The Morgan fingerprint density at radius 1 is 1.14 bits per heavy atom. The van der Waals surface area contributed by atoms with E-state index in [-0.39, 0.29) is 11.3 Å². The molecule has 0 fully saturated rings. The minimum Gasteiger partial charge on any atom is -0.507 e. The molecule has 114 valence electrons. The summed E-state index contributed by atoms with van der Waals surface area (Å²) in [5, 5.41) is 33.7. The fourth-order valence-electron chi connectivity index (χ4n) is 1.82. The van der Waals surface area contributed by atoms with Gasteiger partial charge in [-0.1, -0.05) is 6.07 Å². The number of phenols is 2. The van der Waals surface area contributed by atoms with Crippen molar-refractivity contribution >= 4 is 17.6 Å². The smallest absolute Gasteiger partial charge is 0.311 e. The molecule has 22 heavy (non-hydrogen) atoms. The van der Waals surface area contributed by atoms with Gasteiger partial charge in [0.1, 0.15) is 5.75 Å². The molecule has 0 atom stereocenters. The highest BCUT2D eigenvalue weighted by Crippen LogP contribution is 2.32. The fraction of sp³-hybridized carbons (Fsp3) is 0.133. The Morgan fingerprint density at radius 3 is 2.50 bits per heavy atom. The Labute approximate surface area is 126 Å². The van der Waals surface area contributed by atoms with Gasteiger partial charge in [-0.15, -0.1) is 0 Å². The Kier molecular flexibility index (Phi) is 4.26. The van der Waals surface area contributed by atoms with Crippen LogP contribution < -0.4 is 5.43 Å². The zero-order chi connectivity index (χ0) is 16.3. The van der Waals surface area contributed by atoms with Crippen LogP contribution in [0, 0.1) is 24.0 Å². The predicted molar refractivity (Wildman–Crippen MR) is 83.6 cm³/mol. The first-order valence-corrected chi connectivity index (χ1v) is 6.45. The molecule has 3 N–H and O–H groups in total. The minimum atomic E-state index is -0.733. The lowest BCUT2D eigenvalue weighted by Gasteiger charge is -2.05. The van der Waals surface area contributed by atoms with Crippen LogP contribution in [-0.2, 0) is 0 Å². The number of phenolic OH excluding ortho intramolecular Hbond substituents is 2. The van der Waals surface area contributed by atoms with Gasteiger partial charge < -0.3 is 10.2 Å². The van der Waals surface area contributed by atoms with Crippen molar-refractivity contribution in [2.45, 2.75) is 13.8 Å². The molecule has 0 amide bonds. The maximum atomic E-state index is 10.8. The molecule has 7 heteroatoms. The molecule has 2 rings (SSSR count). The van der Waals surface area contributed by atoms with Gasteiger partial charge in [0.15, 0.2) is 5.75 Å². The van der Waals surface area contributed by atoms with E-state index in [0.29, 0.717) is 0 Å². The molecule has 7 nitrogen and oxygen atoms in total. The minimum absolute atomic E-state index is 0.126. The number of hydrogen-bond acceptors (Lipinski definition) is 6. The van der Waals surface area contributed by atoms with Crippen LogP contribution in [0.3, 0.4) is 0 Å². The van der Waals surface area contributed by atoms with Gasteiger partial charge in [0.25, 0.3) is 0 Å². The monoisotopic (exact) mass is 301 g/mol. The van der Waals surface area contributed by atoms with Crippen molar-refractivity contribution in [3.63, 3.8) is 0 Å². The number of anilines is 1. The molecule has 0 saturated heterocycles. The number of hydrazone groups is 1. The summed E-state index contributed by atoms with van der Waals surface area (Å²) in [6.45, 7) is 3.97. The van der Waals surface area contributed by atoms with Crippen molar-refractivity contribution in [1.82, 2.24) is 0 Å². The van der Waals surface area contributed by atoms with Crippen LogP contribution in [0.1, 0.15) is 16.7 Å². The molecule has 0 spiro atoms. The topological polar surface area (TPSA) is 108 Å². The molecule has 2 aromatic rings. The molecule has 0 aromatic heterocycles. The van der Waals surface area contributed by atoms with Crippen molar-refractivity contribution < 1.29 is 15.1 Å². The van der Waals surface area contributed by atoms with E-state index in [9.17, 15) is 20.3 Å². The lowest BCUT2D eigenvalue weighted by Crippen LogP contribution is -1.94. The van der Waals surface area contributed by atoms with Crippen LogP contribution in [0.25, 0.3) is 0 Å². The van der Waals surface area contributed by atoms with Gasteiger partial charge >= 0.3 is 5.69 Å². The van der Waals surface area contributed by atoms with Crippen LogP contribution in [0.2, 0.25) is 0 Å². The van der Waals surface area contributed by atoms with E-state index in [2.05, 4.69) is 10.5 Å². The van der Waals surface area contributed by atoms with Gasteiger partial charge in [-0.25, -0.2) is 0 Å². The summed E-state index contributed by atoms with van der Waals surface area (Å²) in [6.07, 6.45) is 1.25. The number of nitrogens with zero attached hydrogens (tertiary/aromatic N) is 2. The average Bonchev–Trinajstić information content (AvgIpc) is 2.44. The summed E-state index contributed by atoms with van der Waals surface area (Å²) in [4.78, 5) is 10.0. The Hall–Kier alpha value is -3.09. The van der Waals surface area contributed by atoms with Crippen molar-refractivity contribution in [3.05, 3.63) is 57.1 Å². The number of nitro benzene ring substituents is 1. The molecule has 0 radical (unpaired) electrons. The summed E-state index contributed by atoms with van der Waals surface area (Å²) < 4.78 is 0. The zero-order valence-corrected chi connectivity index (χ0v) is 12.1. The highest BCUT2D eigenvalue weighted by atomic mass is 16.6. The van der Waals surface area contributed by atoms with Crippen LogP contribution in [0.4, 0.5) is 11.4 Å². The summed E-state index contributed by atoms with van der Waals surface area (Å²) in [6, 6.07) is 7.66. The predicted octanol–water partition coefficient (Wildman–Crippen LogP) is 3.07. The van der Waals surface area contributed by atoms with Crippen molar-refractivity contribution in [3.8, 4) is 11.5 Å². The van der Waals surface area contributed by atoms with Gasteiger partial charge in [0.2, 0.25) is 0 Å². The summed E-state index contributed by atoms with van der Waals surface area (Å²) in [5.74, 6) is -0.893. The second kappa shape index (κ2) is 6.13. The number of aromatic hydroxyl groups is 2. The average molecular weight is 301 g/mol. The van der Waals surface area contributed by atoms with Gasteiger partial charge in [0.05, 0.1) is 16.8 Å². The largest absolute Gasteiger partial charge is 0.507 e. The highest BCUT2D eigenvalue weighted by Gasteiger charge is 2.16. The van der Waals surface area contributed by atoms with Crippen molar-refractivity contribution in [2.24, 2.45) is 5.10 Å². The second-order valence-corrected chi connectivity index (χ2v) is 4.83. The SMILES string of the molecule is Cc1ccc(NN=Cc2cc([N+](=O)[O-])c(O)cc2O)cc1C. The highest BCUT2D eigenvalue weighted by molar-refractivity contribution is 5.86. The third-order valence-electron chi connectivity index (χ3n) is 3.22. The first kappa shape index (κ1) is 15.3. The molecule has 0 heterocycles. The second-order valence-electron chi connectivity index (χ2n) is 4.83. The number of nitrogens with one attached hydrogen (secondary N) is 1. The third-order valence-corrected chi connectivity index (χ3v) is 3.22. The van der Waals surface area contributed by atoms with Crippen molar-refractivity contribution in [2.75, 3.05) is 5.43 Å². The third kappa shape index (κ3) is 3.32. The molecule has 0 bridgehead atoms. The standard InChI is InChI=1S/C15H15N3O4/c1-9-3-4-12(5-10(9)2)17-16-8-11-6-13(18(21)22)15(20)7-14(11)19/h3-8,17,19-20H,1-2H3. The lowest BCUT2D eigenvalue weighted by molar-refractivity contribution is -0.385. The Bertz CT molecular complexity index is 757. The van der Waals surface area contributed by atoms with Crippen LogP contribution in [0.5, 0.6) is 11.5 Å². The number of aryl methyl sites for hydroxylation is 2. The number of rotatable bonds is 4. The fourth-order valence-corrected chi connectivity index (χ4v) is 1.82. The molecule has 2 aromatic carbocycles. The lowest BCUT2D eigenvalue weighted by atomic mass is 10.1. The van der Waals surface area contributed by atoms with E-state index in [0.717, 1.165) is 28.9 Å². The van der Waals surface area contributed by atoms with Crippen LogP contribution in [0.15, 0.2) is 35.4 Å². The molecule has 0 aliphatic heterocycles. The van der Waals surface area contributed by atoms with E-state index in [1.807, 2.05) is 32.0 Å². The van der Waals surface area contributed by atoms with Gasteiger partial charge in [-0.2, -0.15) is 5.10 Å². The molecule has 0 aliphatic carbocycles. The summed E-state index contributed by atoms with van der Waals surface area (Å²) >= 11 is 0. The summed E-state index contributed by atoms with van der Waals surface area (Å²) in [5.41, 5.74) is 5.42. The number of benzene rings is 2. The van der Waals surface area contributed by atoms with E-state index in [1.54, 1.807) is 0 Å². The Morgan fingerprint density at radius 2 is 1.86 bits per heavy atom. The van der Waals surface area contributed by atoms with Crippen LogP contribution in [-0.4, -0.2) is 21.4 Å². The molecule has 0 unspecified atom stereocenters. The summed E-state index contributed by atoms with van der Waals surface area (Å²) in [7, 11) is 0. The maximum absolute atomic E-state index is 10.8. The van der Waals surface area contributed by atoms with Crippen LogP contribution >= 0.6 is 0 Å². The Balaban J connectivity index is 2.21. The van der Waals surface area contributed by atoms with Gasteiger partial charge in [-0.3, -0.25) is 15.5 Å². The molecule has 0 aliphatic rings.